The molecule has 1 unspecified atom stereocenters. The molecule has 0 saturated heterocycles. The summed E-state index contributed by atoms with van der Waals surface area (Å²) in [5.41, 5.74) is 3.75. The van der Waals surface area contributed by atoms with Gasteiger partial charge in [-0.15, -0.1) is 0 Å². The number of hydrogen-bond donors (Lipinski definition) is 0. The molecular formula is C20H26O. The van der Waals surface area contributed by atoms with Crippen molar-refractivity contribution in [2.24, 2.45) is 5.92 Å². The minimum Gasteiger partial charge on any atom is -0.497 e. The highest BCUT2D eigenvalue weighted by Gasteiger charge is 2.00. The van der Waals surface area contributed by atoms with Crippen LogP contribution in [0.25, 0.3) is 6.08 Å². The van der Waals surface area contributed by atoms with Crippen LogP contribution < -0.4 is 4.74 Å². The summed E-state index contributed by atoms with van der Waals surface area (Å²) in [7, 11) is 1.68. The normalized spacial score (nSPS) is 13.0. The minimum absolute atomic E-state index is 0.419. The van der Waals surface area contributed by atoms with E-state index < -0.39 is 0 Å². The van der Waals surface area contributed by atoms with Crippen molar-refractivity contribution in [3.63, 3.8) is 0 Å². The van der Waals surface area contributed by atoms with E-state index in [1.165, 1.54) is 16.7 Å². The van der Waals surface area contributed by atoms with Crippen molar-refractivity contribution < 1.29 is 4.74 Å². The Balaban J connectivity index is 2.73. The quantitative estimate of drug-likeness (QED) is 0.452. The number of ether oxygens (including phenoxy) is 1. The molecule has 1 heteroatoms. The van der Waals surface area contributed by atoms with E-state index in [0.717, 1.165) is 12.2 Å². The summed E-state index contributed by atoms with van der Waals surface area (Å²) in [6.45, 7) is 10.2. The highest BCUT2D eigenvalue weighted by atomic mass is 16.5. The molecule has 0 saturated carbocycles. The lowest BCUT2D eigenvalue weighted by Gasteiger charge is -2.07. The number of benzene rings is 1. The van der Waals surface area contributed by atoms with Crippen LogP contribution in [0, 0.1) is 5.92 Å². The molecule has 1 aromatic rings. The Kier molecular flexibility index (Phi) is 7.31. The molecule has 21 heavy (non-hydrogen) atoms. The van der Waals surface area contributed by atoms with Crippen molar-refractivity contribution in [3.8, 4) is 5.75 Å². The van der Waals surface area contributed by atoms with Gasteiger partial charge in [-0.05, 0) is 50.8 Å². The number of allylic oxidation sites excluding steroid dienone is 6. The largest absolute Gasteiger partial charge is 0.497 e. The van der Waals surface area contributed by atoms with Gasteiger partial charge in [0.2, 0.25) is 0 Å². The molecule has 0 bridgehead atoms. The summed E-state index contributed by atoms with van der Waals surface area (Å²) in [6.07, 6.45) is 11.8. The van der Waals surface area contributed by atoms with Gasteiger partial charge in [-0.1, -0.05) is 60.2 Å². The molecule has 0 amide bonds. The molecule has 0 fully saturated rings. The van der Waals surface area contributed by atoms with Crippen molar-refractivity contribution in [1.82, 2.24) is 0 Å². The molecule has 0 aliphatic rings. The Bertz CT molecular complexity index is 525. The van der Waals surface area contributed by atoms with Gasteiger partial charge in [-0.25, -0.2) is 0 Å². The first-order valence-corrected chi connectivity index (χ1v) is 7.31. The highest BCUT2D eigenvalue weighted by molar-refractivity contribution is 5.50. The first kappa shape index (κ1) is 17.0. The van der Waals surface area contributed by atoms with Gasteiger partial charge in [0, 0.05) is 0 Å². The fraction of sp³-hybridized carbons (Fsp3) is 0.300. The molecule has 1 nitrogen and oxygen atoms in total. The van der Waals surface area contributed by atoms with Gasteiger partial charge in [-0.2, -0.15) is 0 Å². The van der Waals surface area contributed by atoms with Crippen molar-refractivity contribution in [2.75, 3.05) is 7.11 Å². The average Bonchev–Trinajstić information content (AvgIpc) is 2.47. The van der Waals surface area contributed by atoms with Crippen LogP contribution in [0.5, 0.6) is 5.75 Å². The average molecular weight is 282 g/mol. The SMILES string of the molecule is C=C/C(C)=C\C(C=C(C)C)C/C=C\c1ccc(OC)cc1. The molecule has 0 spiro atoms. The zero-order valence-electron chi connectivity index (χ0n) is 13.6. The van der Waals surface area contributed by atoms with E-state index >= 15 is 0 Å². The van der Waals surface area contributed by atoms with Crippen LogP contribution >= 0.6 is 0 Å². The molecule has 112 valence electrons. The lowest BCUT2D eigenvalue weighted by Crippen LogP contribution is -1.92. The minimum atomic E-state index is 0.419. The third kappa shape index (κ3) is 6.80. The van der Waals surface area contributed by atoms with Gasteiger partial charge < -0.3 is 4.74 Å². The number of rotatable bonds is 7. The Labute approximate surface area is 129 Å². The van der Waals surface area contributed by atoms with Crippen LogP contribution in [-0.4, -0.2) is 7.11 Å². The summed E-state index contributed by atoms with van der Waals surface area (Å²) in [5.74, 6) is 1.31. The summed E-state index contributed by atoms with van der Waals surface area (Å²) < 4.78 is 5.16. The zero-order chi connectivity index (χ0) is 15.7. The maximum Gasteiger partial charge on any atom is 0.118 e. The van der Waals surface area contributed by atoms with Crippen LogP contribution in [0.1, 0.15) is 32.8 Å². The lowest BCUT2D eigenvalue weighted by molar-refractivity contribution is 0.415. The van der Waals surface area contributed by atoms with E-state index in [1.54, 1.807) is 7.11 Å². The third-order valence-electron chi connectivity index (χ3n) is 3.18. The van der Waals surface area contributed by atoms with Crippen molar-refractivity contribution in [2.45, 2.75) is 27.2 Å². The van der Waals surface area contributed by atoms with E-state index in [2.05, 4.69) is 63.8 Å². The van der Waals surface area contributed by atoms with Gasteiger partial charge in [0.05, 0.1) is 7.11 Å². The Morgan fingerprint density at radius 2 is 1.81 bits per heavy atom. The van der Waals surface area contributed by atoms with E-state index in [0.29, 0.717) is 5.92 Å². The molecular weight excluding hydrogens is 256 g/mol. The topological polar surface area (TPSA) is 9.23 Å². The molecule has 1 rings (SSSR count). The molecule has 0 aliphatic carbocycles. The number of hydrogen-bond acceptors (Lipinski definition) is 1. The molecule has 1 atom stereocenters. The molecule has 0 aromatic heterocycles. The molecule has 0 N–H and O–H groups in total. The molecule has 0 aliphatic heterocycles. The van der Waals surface area contributed by atoms with Crippen molar-refractivity contribution >= 4 is 6.08 Å². The van der Waals surface area contributed by atoms with Crippen molar-refractivity contribution in [3.05, 3.63) is 71.9 Å². The van der Waals surface area contributed by atoms with E-state index in [1.807, 2.05) is 18.2 Å². The summed E-state index contributed by atoms with van der Waals surface area (Å²) >= 11 is 0. The van der Waals surface area contributed by atoms with Gasteiger partial charge in [0.25, 0.3) is 0 Å². The molecule has 1 aromatic carbocycles. The monoisotopic (exact) mass is 282 g/mol. The fourth-order valence-corrected chi connectivity index (χ4v) is 2.09. The standard InChI is InChI=1S/C20H26O/c1-6-17(4)15-19(14-16(2)3)9-7-8-18-10-12-20(21-5)13-11-18/h6-8,10-15,19H,1,9H2,2-5H3/b8-7-,17-15-. The summed E-state index contributed by atoms with van der Waals surface area (Å²) in [5, 5.41) is 0. The predicted octanol–water partition coefficient (Wildman–Crippen LogP) is 5.81. The Morgan fingerprint density at radius 1 is 1.14 bits per heavy atom. The van der Waals surface area contributed by atoms with Crippen molar-refractivity contribution in [1.29, 1.82) is 0 Å². The molecule has 0 radical (unpaired) electrons. The lowest BCUT2D eigenvalue weighted by atomic mass is 9.99. The van der Waals surface area contributed by atoms with E-state index in [-0.39, 0.29) is 0 Å². The van der Waals surface area contributed by atoms with Gasteiger partial charge in [0.1, 0.15) is 5.75 Å². The van der Waals surface area contributed by atoms with Gasteiger partial charge in [0.15, 0.2) is 0 Å². The fourth-order valence-electron chi connectivity index (χ4n) is 2.09. The van der Waals surface area contributed by atoms with Crippen LogP contribution in [0.2, 0.25) is 0 Å². The second kappa shape index (κ2) is 9.02. The van der Waals surface area contributed by atoms with E-state index in [9.17, 15) is 0 Å². The van der Waals surface area contributed by atoms with Gasteiger partial charge in [-0.3, -0.25) is 0 Å². The van der Waals surface area contributed by atoms with Crippen LogP contribution in [-0.2, 0) is 0 Å². The summed E-state index contributed by atoms with van der Waals surface area (Å²) in [4.78, 5) is 0. The highest BCUT2D eigenvalue weighted by Crippen LogP contribution is 2.16. The second-order valence-corrected chi connectivity index (χ2v) is 5.43. The molecule has 0 heterocycles. The first-order chi connectivity index (χ1) is 10.0. The van der Waals surface area contributed by atoms with Crippen LogP contribution in [0.15, 0.2) is 66.3 Å². The third-order valence-corrected chi connectivity index (χ3v) is 3.18. The predicted molar refractivity (Wildman–Crippen MR) is 93.5 cm³/mol. The van der Waals surface area contributed by atoms with E-state index in [4.69, 9.17) is 4.74 Å². The maximum atomic E-state index is 5.16. The number of methoxy groups -OCH3 is 1. The maximum absolute atomic E-state index is 5.16. The van der Waals surface area contributed by atoms with Gasteiger partial charge >= 0.3 is 0 Å². The van der Waals surface area contributed by atoms with Crippen LogP contribution in [0.4, 0.5) is 0 Å². The first-order valence-electron chi connectivity index (χ1n) is 7.31. The summed E-state index contributed by atoms with van der Waals surface area (Å²) in [6, 6.07) is 8.09. The Morgan fingerprint density at radius 3 is 2.33 bits per heavy atom. The second-order valence-electron chi connectivity index (χ2n) is 5.43. The van der Waals surface area contributed by atoms with Crippen LogP contribution in [0.3, 0.4) is 0 Å². The zero-order valence-corrected chi connectivity index (χ0v) is 13.6. The Hall–Kier alpha value is -2.02. The smallest absolute Gasteiger partial charge is 0.118 e.